The minimum Gasteiger partial charge on any atom is -0.456 e. The number of para-hydroxylation sites is 4. The first-order valence-electron chi connectivity index (χ1n) is 19.0. The van der Waals surface area contributed by atoms with Crippen LogP contribution in [0.2, 0.25) is 0 Å². The number of aromatic nitrogens is 2. The molecule has 0 N–H and O–H groups in total. The highest BCUT2D eigenvalue weighted by Crippen LogP contribution is 2.43. The number of amidine groups is 2. The average molecular weight is 720 g/mol. The second-order valence-electron chi connectivity index (χ2n) is 14.6. The minimum atomic E-state index is -0.464. The number of fused-ring (bicyclic) bond motifs is 12. The van der Waals surface area contributed by atoms with Gasteiger partial charge < -0.3 is 13.9 Å². The van der Waals surface area contributed by atoms with Gasteiger partial charge in [0.1, 0.15) is 17.0 Å². The number of nitrogens with zero attached hydrogens (tertiary/aromatic N) is 5. The van der Waals surface area contributed by atoms with Crippen LogP contribution < -0.4 is 0 Å². The van der Waals surface area contributed by atoms with Crippen molar-refractivity contribution in [2.24, 2.45) is 9.98 Å². The lowest BCUT2D eigenvalue weighted by atomic mass is 10.0. The van der Waals surface area contributed by atoms with Crippen molar-refractivity contribution in [3.05, 3.63) is 187 Å². The highest BCUT2D eigenvalue weighted by molar-refractivity contribution is 6.24. The Morgan fingerprint density at radius 1 is 0.500 bits per heavy atom. The molecular weight excluding hydrogens is 687 g/mol. The van der Waals surface area contributed by atoms with Gasteiger partial charge in [-0.25, -0.2) is 9.98 Å². The summed E-state index contributed by atoms with van der Waals surface area (Å²) >= 11 is 0. The third kappa shape index (κ3) is 4.38. The summed E-state index contributed by atoms with van der Waals surface area (Å²) in [5.74, 6) is 1.54. The highest BCUT2D eigenvalue weighted by atomic mass is 16.3. The van der Waals surface area contributed by atoms with Gasteiger partial charge in [-0.15, -0.1) is 0 Å². The average Bonchev–Trinajstić information content (AvgIpc) is 3.92. The smallest absolute Gasteiger partial charge is 0.206 e. The molecule has 0 bridgehead atoms. The lowest BCUT2D eigenvalue weighted by Crippen LogP contribution is -2.38. The van der Waals surface area contributed by atoms with Crippen molar-refractivity contribution >= 4 is 88.0 Å². The summed E-state index contributed by atoms with van der Waals surface area (Å²) in [6.45, 7) is 0. The van der Waals surface area contributed by atoms with Gasteiger partial charge in [-0.05, 0) is 53.2 Å². The molecule has 56 heavy (non-hydrogen) atoms. The predicted octanol–water partition coefficient (Wildman–Crippen LogP) is 12.2. The fraction of sp³-hybridized carbons (Fsp3) is 0.0400. The van der Waals surface area contributed by atoms with Gasteiger partial charge in [-0.1, -0.05) is 133 Å². The second kappa shape index (κ2) is 11.8. The van der Waals surface area contributed by atoms with Crippen LogP contribution in [0.1, 0.15) is 17.4 Å². The zero-order valence-electron chi connectivity index (χ0n) is 30.5. The summed E-state index contributed by atoms with van der Waals surface area (Å²) in [7, 11) is 2.12. The van der Waals surface area contributed by atoms with Gasteiger partial charge in [0.2, 0.25) is 6.29 Å². The van der Waals surface area contributed by atoms with Gasteiger partial charge in [-0.2, -0.15) is 0 Å². The van der Waals surface area contributed by atoms with E-state index in [-0.39, 0.29) is 0 Å². The van der Waals surface area contributed by atoms with E-state index >= 15 is 0 Å². The van der Waals surface area contributed by atoms with Crippen LogP contribution in [0.5, 0.6) is 0 Å². The summed E-state index contributed by atoms with van der Waals surface area (Å²) < 4.78 is 11.2. The van der Waals surface area contributed by atoms with Crippen LogP contribution in [0.4, 0.5) is 0 Å². The van der Waals surface area contributed by atoms with E-state index in [1.54, 1.807) is 0 Å². The summed E-state index contributed by atoms with van der Waals surface area (Å²) in [5.41, 5.74) is 9.40. The van der Waals surface area contributed by atoms with Crippen molar-refractivity contribution in [2.75, 3.05) is 7.05 Å². The van der Waals surface area contributed by atoms with E-state index in [1.807, 2.05) is 12.1 Å². The van der Waals surface area contributed by atoms with Crippen molar-refractivity contribution in [3.63, 3.8) is 0 Å². The Balaban J connectivity index is 1.18. The largest absolute Gasteiger partial charge is 0.456 e. The van der Waals surface area contributed by atoms with Gasteiger partial charge in [0.15, 0.2) is 5.84 Å². The van der Waals surface area contributed by atoms with Crippen LogP contribution in [0.25, 0.3) is 82.0 Å². The summed E-state index contributed by atoms with van der Waals surface area (Å²) in [4.78, 5) is 13.2. The molecule has 3 aromatic heterocycles. The van der Waals surface area contributed by atoms with E-state index in [2.05, 4.69) is 185 Å². The van der Waals surface area contributed by atoms with E-state index in [4.69, 9.17) is 14.4 Å². The van der Waals surface area contributed by atoms with Gasteiger partial charge >= 0.3 is 0 Å². The Hall–Kier alpha value is -7.44. The van der Waals surface area contributed by atoms with Gasteiger partial charge in [0, 0.05) is 56.2 Å². The van der Waals surface area contributed by atoms with E-state index in [0.29, 0.717) is 5.84 Å². The van der Waals surface area contributed by atoms with Crippen LogP contribution >= 0.6 is 0 Å². The molecule has 4 heterocycles. The van der Waals surface area contributed by atoms with E-state index in [1.165, 1.54) is 27.1 Å². The lowest BCUT2D eigenvalue weighted by molar-refractivity contribution is 0.297. The molecule has 1 aliphatic heterocycles. The third-order valence-corrected chi connectivity index (χ3v) is 11.5. The molecule has 0 fully saturated rings. The van der Waals surface area contributed by atoms with Crippen molar-refractivity contribution < 1.29 is 4.42 Å². The topological polar surface area (TPSA) is 51.0 Å². The van der Waals surface area contributed by atoms with Crippen LogP contribution in [0, 0.1) is 0 Å². The van der Waals surface area contributed by atoms with Crippen molar-refractivity contribution in [2.45, 2.75) is 6.29 Å². The van der Waals surface area contributed by atoms with Gasteiger partial charge in [-0.3, -0.25) is 4.57 Å². The molecule has 0 aliphatic carbocycles. The van der Waals surface area contributed by atoms with Crippen LogP contribution in [0.3, 0.4) is 0 Å². The Morgan fingerprint density at radius 2 is 1.14 bits per heavy atom. The normalized spacial score (nSPS) is 14.9. The summed E-state index contributed by atoms with van der Waals surface area (Å²) in [5, 5.41) is 9.25. The molecule has 8 aromatic carbocycles. The molecule has 0 amide bonds. The number of furan rings is 1. The molecule has 0 spiro atoms. The molecule has 0 saturated carbocycles. The van der Waals surface area contributed by atoms with Crippen molar-refractivity contribution in [3.8, 4) is 5.69 Å². The zero-order valence-corrected chi connectivity index (χ0v) is 30.5. The first kappa shape index (κ1) is 31.0. The minimum absolute atomic E-state index is 0.464. The number of benzene rings is 8. The van der Waals surface area contributed by atoms with Crippen LogP contribution in [-0.4, -0.2) is 32.8 Å². The lowest BCUT2D eigenvalue weighted by Gasteiger charge is -2.34. The van der Waals surface area contributed by atoms with Gasteiger partial charge in [0.05, 0.1) is 22.1 Å². The zero-order chi connectivity index (χ0) is 36.9. The number of hydrogen-bond donors (Lipinski definition) is 0. The fourth-order valence-corrected chi connectivity index (χ4v) is 9.04. The quantitative estimate of drug-likeness (QED) is 0.182. The van der Waals surface area contributed by atoms with Crippen LogP contribution in [0.15, 0.2) is 190 Å². The summed E-state index contributed by atoms with van der Waals surface area (Å²) in [6, 6.07) is 62.3. The van der Waals surface area contributed by atoms with E-state index in [0.717, 1.165) is 71.9 Å². The molecule has 6 heteroatoms. The highest BCUT2D eigenvalue weighted by Gasteiger charge is 2.31. The van der Waals surface area contributed by atoms with Crippen molar-refractivity contribution in [1.29, 1.82) is 0 Å². The number of aliphatic imine (C=N–C) groups is 2. The SMILES string of the molecule is CN1C(c2ccccc2)=NC(c2ccc3ccc4oc5ccccc5c4c3c2)=NC1n1c2ccccc2c2ccc3c4ccccc4n(-c4ccccc4)c3c21. The molecular formula is C50H33N5O. The maximum atomic E-state index is 6.31. The maximum absolute atomic E-state index is 6.31. The molecule has 12 rings (SSSR count). The Morgan fingerprint density at radius 3 is 1.95 bits per heavy atom. The number of rotatable bonds is 4. The molecule has 1 unspecified atom stereocenters. The number of hydrogen-bond acceptors (Lipinski definition) is 4. The molecule has 0 radical (unpaired) electrons. The third-order valence-electron chi connectivity index (χ3n) is 11.5. The first-order chi connectivity index (χ1) is 27.7. The van der Waals surface area contributed by atoms with E-state index in [9.17, 15) is 0 Å². The van der Waals surface area contributed by atoms with Gasteiger partial charge in [0.25, 0.3) is 0 Å². The molecule has 0 saturated heterocycles. The van der Waals surface area contributed by atoms with E-state index < -0.39 is 6.29 Å². The maximum Gasteiger partial charge on any atom is 0.206 e. The predicted molar refractivity (Wildman–Crippen MR) is 231 cm³/mol. The molecule has 1 atom stereocenters. The Bertz CT molecular complexity index is 3440. The molecule has 1 aliphatic rings. The molecule has 11 aromatic rings. The Kier molecular flexibility index (Phi) is 6.51. The van der Waals surface area contributed by atoms with Crippen molar-refractivity contribution in [1.82, 2.24) is 14.0 Å². The monoisotopic (exact) mass is 719 g/mol. The molecule has 6 nitrogen and oxygen atoms in total. The summed E-state index contributed by atoms with van der Waals surface area (Å²) in [6.07, 6.45) is -0.464. The fourth-order valence-electron chi connectivity index (χ4n) is 9.04. The second-order valence-corrected chi connectivity index (χ2v) is 14.6. The first-order valence-corrected chi connectivity index (χ1v) is 19.0. The molecule has 264 valence electrons. The Labute approximate surface area is 321 Å². The van der Waals surface area contributed by atoms with Crippen LogP contribution in [-0.2, 0) is 0 Å². The standard InChI is InChI=1S/C50H33N5O/c1-53-49(32-14-4-2-5-15-32)51-48(33-25-24-31-26-29-44-45(40(31)30-33)39-20-10-13-23-43(39)56-44)52-50(53)55-42-22-12-9-19-36(42)38-28-27-37-35-18-8-11-21-41(35)54(46(37)47(38)55)34-16-6-3-7-17-34/h2-30,50H,1H3.